The Labute approximate surface area is 258 Å². The summed E-state index contributed by atoms with van der Waals surface area (Å²) >= 11 is 7.10. The second-order valence-electron chi connectivity index (χ2n) is 11.6. The Hall–Kier alpha value is -2.68. The second kappa shape index (κ2) is 11.5. The van der Waals surface area contributed by atoms with Gasteiger partial charge in [0.2, 0.25) is 0 Å². The molecule has 3 aromatic carbocycles. The highest BCUT2D eigenvalue weighted by atomic mass is 79.9. The van der Waals surface area contributed by atoms with Crippen LogP contribution in [0.4, 0.5) is 0 Å². The Balaban J connectivity index is 1.79. The number of ether oxygens (including phenoxy) is 3. The van der Waals surface area contributed by atoms with Gasteiger partial charge in [-0.1, -0.05) is 76.0 Å². The molecule has 3 atom stereocenters. The van der Waals surface area contributed by atoms with Gasteiger partial charge in [-0.2, -0.15) is 0 Å². The first-order valence-electron chi connectivity index (χ1n) is 13.7. The molecule has 0 amide bonds. The Kier molecular flexibility index (Phi) is 8.39. The van der Waals surface area contributed by atoms with E-state index >= 15 is 0 Å². The van der Waals surface area contributed by atoms with Crippen LogP contribution in [0.1, 0.15) is 48.6 Å². The van der Waals surface area contributed by atoms with Gasteiger partial charge in [-0.15, -0.1) is 0 Å². The summed E-state index contributed by atoms with van der Waals surface area (Å²) in [5.41, 5.74) is 2.45. The Morgan fingerprint density at radius 1 is 0.878 bits per heavy atom. The smallest absolute Gasteiger partial charge is 0.325 e. The van der Waals surface area contributed by atoms with Crippen molar-refractivity contribution >= 4 is 43.8 Å². The molecule has 3 unspecified atom stereocenters. The molecule has 6 nitrogen and oxygen atoms in total. The van der Waals surface area contributed by atoms with E-state index in [1.807, 2.05) is 42.5 Å². The van der Waals surface area contributed by atoms with Crippen molar-refractivity contribution in [2.24, 2.45) is 11.3 Å². The van der Waals surface area contributed by atoms with E-state index in [2.05, 4.69) is 74.9 Å². The number of benzene rings is 3. The van der Waals surface area contributed by atoms with Gasteiger partial charge in [0.15, 0.2) is 5.41 Å². The third kappa shape index (κ3) is 5.12. The van der Waals surface area contributed by atoms with E-state index in [0.29, 0.717) is 19.4 Å². The molecule has 8 heteroatoms. The van der Waals surface area contributed by atoms with Crippen LogP contribution in [0.25, 0.3) is 0 Å². The number of fused-ring (bicyclic) bond motifs is 2. The molecule has 0 N–H and O–H groups in total. The van der Waals surface area contributed by atoms with Gasteiger partial charge in [0.05, 0.1) is 27.4 Å². The SMILES string of the molecule is COC(=O)C1(C(=O)OC)CC2Cc3ccc(OC)cc3C(C)(C)C2N(Cc2ccc(Br)cc2)C1c1ccc(Br)cc1. The molecular weight excluding hydrogens is 650 g/mol. The van der Waals surface area contributed by atoms with Crippen molar-refractivity contribution in [3.05, 3.63) is 97.9 Å². The number of carbonyl (C=O) groups is 2. The predicted octanol–water partition coefficient (Wildman–Crippen LogP) is 7.02. The van der Waals surface area contributed by atoms with Crippen molar-refractivity contribution in [3.8, 4) is 5.75 Å². The van der Waals surface area contributed by atoms with Crippen LogP contribution in [0.3, 0.4) is 0 Å². The highest BCUT2D eigenvalue weighted by molar-refractivity contribution is 9.10. The van der Waals surface area contributed by atoms with Crippen molar-refractivity contribution in [1.29, 1.82) is 0 Å². The van der Waals surface area contributed by atoms with Crippen LogP contribution in [0, 0.1) is 11.3 Å². The summed E-state index contributed by atoms with van der Waals surface area (Å²) < 4.78 is 18.4. The fourth-order valence-electron chi connectivity index (χ4n) is 7.39. The molecule has 1 fully saturated rings. The molecule has 1 aliphatic carbocycles. The van der Waals surface area contributed by atoms with Crippen LogP contribution >= 0.6 is 31.9 Å². The summed E-state index contributed by atoms with van der Waals surface area (Å²) in [6.07, 6.45) is 1.02. The van der Waals surface area contributed by atoms with E-state index in [9.17, 15) is 9.59 Å². The van der Waals surface area contributed by atoms with Crippen molar-refractivity contribution in [3.63, 3.8) is 0 Å². The quantitative estimate of drug-likeness (QED) is 0.206. The zero-order valence-corrected chi connectivity index (χ0v) is 27.1. The summed E-state index contributed by atoms with van der Waals surface area (Å²) in [4.78, 5) is 30.3. The lowest BCUT2D eigenvalue weighted by atomic mass is 9.55. The van der Waals surface area contributed by atoms with Gasteiger partial charge >= 0.3 is 11.9 Å². The van der Waals surface area contributed by atoms with Crippen LogP contribution in [0.2, 0.25) is 0 Å². The summed E-state index contributed by atoms with van der Waals surface area (Å²) in [6.45, 7) is 5.05. The maximum absolute atomic E-state index is 14.0. The third-order valence-electron chi connectivity index (χ3n) is 8.98. The van der Waals surface area contributed by atoms with Gasteiger partial charge in [-0.05, 0) is 77.4 Å². The number of hydrogen-bond acceptors (Lipinski definition) is 6. The zero-order chi connectivity index (χ0) is 29.5. The largest absolute Gasteiger partial charge is 0.497 e. The van der Waals surface area contributed by atoms with E-state index < -0.39 is 23.4 Å². The topological polar surface area (TPSA) is 65.1 Å². The summed E-state index contributed by atoms with van der Waals surface area (Å²) in [5, 5.41) is 0. The zero-order valence-electron chi connectivity index (χ0n) is 23.9. The van der Waals surface area contributed by atoms with Gasteiger partial charge in [0.1, 0.15) is 5.75 Å². The van der Waals surface area contributed by atoms with Gasteiger partial charge in [0, 0.05) is 26.9 Å². The monoisotopic (exact) mass is 683 g/mol. The molecule has 41 heavy (non-hydrogen) atoms. The van der Waals surface area contributed by atoms with Crippen LogP contribution in [0.5, 0.6) is 5.75 Å². The average molecular weight is 685 g/mol. The fourth-order valence-corrected chi connectivity index (χ4v) is 7.92. The van der Waals surface area contributed by atoms with E-state index in [4.69, 9.17) is 14.2 Å². The lowest BCUT2D eigenvalue weighted by molar-refractivity contribution is -0.189. The maximum Gasteiger partial charge on any atom is 0.325 e. The molecule has 1 aliphatic heterocycles. The first-order valence-corrected chi connectivity index (χ1v) is 15.2. The number of rotatable bonds is 6. The molecular formula is C33H35Br2NO5. The molecule has 2 aliphatic rings. The Bertz CT molecular complexity index is 1420. The number of nitrogens with zero attached hydrogens (tertiary/aromatic N) is 1. The number of piperidine rings is 1. The first kappa shape index (κ1) is 29.8. The molecule has 1 heterocycles. The van der Waals surface area contributed by atoms with Crippen molar-refractivity contribution in [2.75, 3.05) is 21.3 Å². The number of hydrogen-bond donors (Lipinski definition) is 0. The summed E-state index contributed by atoms with van der Waals surface area (Å²) in [7, 11) is 4.39. The van der Waals surface area contributed by atoms with Crippen molar-refractivity contribution in [1.82, 2.24) is 4.90 Å². The van der Waals surface area contributed by atoms with E-state index in [1.165, 1.54) is 25.3 Å². The van der Waals surface area contributed by atoms with Crippen molar-refractivity contribution in [2.45, 2.75) is 50.7 Å². The minimum atomic E-state index is -1.56. The third-order valence-corrected chi connectivity index (χ3v) is 10.0. The molecule has 0 radical (unpaired) electrons. The van der Waals surface area contributed by atoms with Gasteiger partial charge in [-0.25, -0.2) is 0 Å². The molecule has 0 spiro atoms. The van der Waals surface area contributed by atoms with Crippen LogP contribution in [-0.4, -0.2) is 44.2 Å². The minimum Gasteiger partial charge on any atom is -0.497 e. The summed E-state index contributed by atoms with van der Waals surface area (Å²) in [6, 6.07) is 21.7. The Morgan fingerprint density at radius 3 is 2.02 bits per heavy atom. The highest BCUT2D eigenvalue weighted by Gasteiger charge is 2.65. The molecule has 216 valence electrons. The van der Waals surface area contributed by atoms with E-state index in [0.717, 1.165) is 25.8 Å². The number of halogens is 2. The van der Waals surface area contributed by atoms with Gasteiger partial charge in [0.25, 0.3) is 0 Å². The van der Waals surface area contributed by atoms with Crippen molar-refractivity contribution < 1.29 is 23.8 Å². The number of likely N-dealkylation sites (tertiary alicyclic amines) is 1. The fraction of sp³-hybridized carbons (Fsp3) is 0.394. The number of esters is 2. The lowest BCUT2D eigenvalue weighted by Crippen LogP contribution is -2.66. The molecule has 0 saturated carbocycles. The minimum absolute atomic E-state index is 0.0122. The highest BCUT2D eigenvalue weighted by Crippen LogP contribution is 2.58. The van der Waals surface area contributed by atoms with Gasteiger partial charge < -0.3 is 14.2 Å². The maximum atomic E-state index is 14.0. The molecule has 0 aromatic heterocycles. The standard InChI is InChI=1S/C33H35Br2NO5/c1-32(2)27-17-26(39-3)15-10-22(27)16-23-18-33(30(37)40-4,31(38)41-5)29(21-8-13-25(35)14-9-21)36(28(23)32)19-20-6-11-24(34)12-7-20/h6-15,17,23,28-29H,16,18-19H2,1-5H3. The van der Waals surface area contributed by atoms with E-state index in [-0.39, 0.29) is 17.4 Å². The second-order valence-corrected chi connectivity index (χ2v) is 13.4. The molecule has 3 aromatic rings. The Morgan fingerprint density at radius 2 is 1.46 bits per heavy atom. The normalized spacial score (nSPS) is 22.7. The molecule has 1 saturated heterocycles. The number of methoxy groups -OCH3 is 3. The van der Waals surface area contributed by atoms with Crippen LogP contribution in [-0.2, 0) is 37.4 Å². The van der Waals surface area contributed by atoms with E-state index in [1.54, 1.807) is 7.11 Å². The lowest BCUT2D eigenvalue weighted by Gasteiger charge is -2.60. The molecule has 0 bridgehead atoms. The van der Waals surface area contributed by atoms with Crippen LogP contribution < -0.4 is 4.74 Å². The predicted molar refractivity (Wildman–Crippen MR) is 165 cm³/mol. The molecule has 5 rings (SSSR count). The first-order chi connectivity index (χ1) is 19.6. The number of carbonyl (C=O) groups excluding carboxylic acids is 2. The summed E-state index contributed by atoms with van der Waals surface area (Å²) in [5.74, 6) is -0.357. The van der Waals surface area contributed by atoms with Crippen LogP contribution in [0.15, 0.2) is 75.7 Å². The van der Waals surface area contributed by atoms with Gasteiger partial charge in [-0.3, -0.25) is 14.5 Å². The average Bonchev–Trinajstić information content (AvgIpc) is 2.97.